The van der Waals surface area contributed by atoms with Crippen LogP contribution in [0.15, 0.2) is 53.7 Å². The number of nitrogens with zero attached hydrogens (tertiary/aromatic N) is 1. The number of methoxy groups -OCH3 is 1. The summed E-state index contributed by atoms with van der Waals surface area (Å²) in [5, 5.41) is 5.63. The van der Waals surface area contributed by atoms with Crippen LogP contribution in [0.25, 0.3) is 0 Å². The molecule has 1 N–H and O–H groups in total. The van der Waals surface area contributed by atoms with Gasteiger partial charge in [0.2, 0.25) is 6.61 Å². The molecule has 154 valence electrons. The van der Waals surface area contributed by atoms with E-state index in [9.17, 15) is 22.8 Å². The van der Waals surface area contributed by atoms with Gasteiger partial charge >= 0.3 is 12.1 Å². The van der Waals surface area contributed by atoms with E-state index in [0.29, 0.717) is 11.3 Å². The fourth-order valence-electron chi connectivity index (χ4n) is 2.09. The van der Waals surface area contributed by atoms with Crippen LogP contribution in [0.1, 0.15) is 11.1 Å². The average molecular weight is 410 g/mol. The van der Waals surface area contributed by atoms with Crippen LogP contribution in [0.4, 0.5) is 18.9 Å². The van der Waals surface area contributed by atoms with Crippen LogP contribution in [0.5, 0.6) is 5.75 Å². The second-order valence-corrected chi connectivity index (χ2v) is 5.53. The minimum absolute atomic E-state index is 0.429. The topological polar surface area (TPSA) is 86.2 Å². The van der Waals surface area contributed by atoms with E-state index < -0.39 is 42.5 Å². The van der Waals surface area contributed by atoms with Gasteiger partial charge in [0.15, 0.2) is 6.61 Å². The summed E-state index contributed by atoms with van der Waals surface area (Å²) in [6.45, 7) is -1.34. The Labute approximate surface area is 164 Å². The molecule has 29 heavy (non-hydrogen) atoms. The smallest absolute Gasteiger partial charge is 0.418 e. The quantitative estimate of drug-likeness (QED) is 0.410. The number of para-hydroxylation sites is 1. The van der Waals surface area contributed by atoms with E-state index in [4.69, 9.17) is 9.57 Å². The van der Waals surface area contributed by atoms with Crippen LogP contribution in [-0.4, -0.2) is 38.4 Å². The summed E-state index contributed by atoms with van der Waals surface area (Å²) >= 11 is 0. The van der Waals surface area contributed by atoms with E-state index in [0.717, 1.165) is 12.1 Å². The van der Waals surface area contributed by atoms with Crippen molar-refractivity contribution in [2.24, 2.45) is 5.16 Å². The Morgan fingerprint density at radius 3 is 2.41 bits per heavy atom. The van der Waals surface area contributed by atoms with Crippen molar-refractivity contribution in [2.45, 2.75) is 6.18 Å². The van der Waals surface area contributed by atoms with Gasteiger partial charge in [0.25, 0.3) is 5.91 Å². The number of ether oxygens (including phenoxy) is 2. The van der Waals surface area contributed by atoms with E-state index in [1.165, 1.54) is 25.5 Å². The van der Waals surface area contributed by atoms with Crippen molar-refractivity contribution >= 4 is 23.8 Å². The molecule has 0 aliphatic carbocycles. The summed E-state index contributed by atoms with van der Waals surface area (Å²) in [6.07, 6.45) is -3.27. The van der Waals surface area contributed by atoms with Gasteiger partial charge in [-0.05, 0) is 42.0 Å². The van der Waals surface area contributed by atoms with Gasteiger partial charge in [-0.2, -0.15) is 13.2 Å². The molecule has 0 fully saturated rings. The largest absolute Gasteiger partial charge is 0.497 e. The molecule has 0 unspecified atom stereocenters. The number of benzene rings is 2. The highest BCUT2D eigenvalue weighted by Gasteiger charge is 2.33. The number of amides is 1. The Kier molecular flexibility index (Phi) is 7.58. The standard InChI is InChI=1S/C19H17F3N2O5/c1-27-14-8-6-13(7-9-14)10-23-29-12-18(26)28-11-17(25)24-16-5-3-2-4-15(16)19(20,21)22/h2-10H,11-12H2,1H3,(H,24,25)/b23-10+. The number of esters is 1. The van der Waals surface area contributed by atoms with E-state index in [2.05, 4.69) is 15.2 Å². The van der Waals surface area contributed by atoms with Gasteiger partial charge in [-0.1, -0.05) is 17.3 Å². The first-order valence-electron chi connectivity index (χ1n) is 8.20. The highest BCUT2D eigenvalue weighted by Crippen LogP contribution is 2.34. The first kappa shape index (κ1) is 21.7. The molecule has 0 spiro atoms. The van der Waals surface area contributed by atoms with Crippen molar-refractivity contribution in [3.63, 3.8) is 0 Å². The zero-order chi connectivity index (χ0) is 21.3. The molecule has 0 aromatic heterocycles. The summed E-state index contributed by atoms with van der Waals surface area (Å²) in [5.41, 5.74) is -0.737. The number of oxime groups is 1. The lowest BCUT2D eigenvalue weighted by molar-refractivity contribution is -0.151. The number of hydrogen-bond acceptors (Lipinski definition) is 6. The van der Waals surface area contributed by atoms with Gasteiger partial charge in [-0.3, -0.25) is 4.79 Å². The molecule has 2 rings (SSSR count). The molecule has 0 saturated heterocycles. The fraction of sp³-hybridized carbons (Fsp3) is 0.211. The molecule has 7 nitrogen and oxygen atoms in total. The van der Waals surface area contributed by atoms with E-state index in [1.54, 1.807) is 24.3 Å². The number of alkyl halides is 3. The molecule has 0 atom stereocenters. The number of rotatable bonds is 8. The molecule has 1 amide bonds. The summed E-state index contributed by atoms with van der Waals surface area (Å²) in [4.78, 5) is 28.0. The number of hydrogen-bond donors (Lipinski definition) is 1. The second kappa shape index (κ2) is 10.1. The Morgan fingerprint density at radius 1 is 1.07 bits per heavy atom. The summed E-state index contributed by atoms with van der Waals surface area (Å²) in [6, 6.07) is 11.3. The third-order valence-electron chi connectivity index (χ3n) is 3.45. The van der Waals surface area contributed by atoms with Crippen molar-refractivity contribution in [2.75, 3.05) is 25.6 Å². The molecule has 0 radical (unpaired) electrons. The lowest BCUT2D eigenvalue weighted by atomic mass is 10.1. The Bertz CT molecular complexity index is 867. The number of halogens is 3. The van der Waals surface area contributed by atoms with Crippen molar-refractivity contribution < 1.29 is 37.1 Å². The highest BCUT2D eigenvalue weighted by atomic mass is 19.4. The van der Waals surface area contributed by atoms with Gasteiger partial charge < -0.3 is 19.6 Å². The van der Waals surface area contributed by atoms with Gasteiger partial charge in [0, 0.05) is 0 Å². The Balaban J connectivity index is 1.75. The van der Waals surface area contributed by atoms with Crippen LogP contribution in [0, 0.1) is 0 Å². The zero-order valence-corrected chi connectivity index (χ0v) is 15.2. The second-order valence-electron chi connectivity index (χ2n) is 5.53. The first-order chi connectivity index (χ1) is 13.8. The Morgan fingerprint density at radius 2 is 1.76 bits per heavy atom. The van der Waals surface area contributed by atoms with Gasteiger partial charge in [0.05, 0.1) is 24.6 Å². The highest BCUT2D eigenvalue weighted by molar-refractivity contribution is 5.93. The number of nitrogens with one attached hydrogen (secondary N) is 1. The van der Waals surface area contributed by atoms with Crippen LogP contribution in [-0.2, 0) is 25.3 Å². The number of carbonyl (C=O) groups is 2. The predicted octanol–water partition coefficient (Wildman–Crippen LogP) is 3.25. The maximum atomic E-state index is 12.9. The molecule has 2 aromatic carbocycles. The molecule has 0 saturated carbocycles. The maximum Gasteiger partial charge on any atom is 0.418 e. The number of carbonyl (C=O) groups excluding carboxylic acids is 2. The van der Waals surface area contributed by atoms with Crippen LogP contribution < -0.4 is 10.1 Å². The normalized spacial score (nSPS) is 11.2. The summed E-state index contributed by atoms with van der Waals surface area (Å²) in [7, 11) is 1.53. The maximum absolute atomic E-state index is 12.9. The Hall–Kier alpha value is -3.56. The van der Waals surface area contributed by atoms with Gasteiger partial charge in [-0.15, -0.1) is 0 Å². The van der Waals surface area contributed by atoms with Gasteiger partial charge in [0.1, 0.15) is 5.75 Å². The molecule has 10 heteroatoms. The lowest BCUT2D eigenvalue weighted by Crippen LogP contribution is -2.24. The van der Waals surface area contributed by atoms with Crippen molar-refractivity contribution in [3.8, 4) is 5.75 Å². The molecular formula is C19H17F3N2O5. The third-order valence-corrected chi connectivity index (χ3v) is 3.45. The lowest BCUT2D eigenvalue weighted by Gasteiger charge is -2.13. The van der Waals surface area contributed by atoms with Crippen molar-refractivity contribution in [3.05, 3.63) is 59.7 Å². The molecule has 0 aliphatic heterocycles. The zero-order valence-electron chi connectivity index (χ0n) is 15.2. The van der Waals surface area contributed by atoms with E-state index in [1.807, 2.05) is 0 Å². The van der Waals surface area contributed by atoms with Gasteiger partial charge in [-0.25, -0.2) is 4.79 Å². The average Bonchev–Trinajstić information content (AvgIpc) is 2.70. The van der Waals surface area contributed by atoms with E-state index >= 15 is 0 Å². The summed E-state index contributed by atoms with van der Waals surface area (Å²) in [5.74, 6) is -1.16. The van der Waals surface area contributed by atoms with Crippen LogP contribution in [0.3, 0.4) is 0 Å². The fourth-order valence-corrected chi connectivity index (χ4v) is 2.09. The first-order valence-corrected chi connectivity index (χ1v) is 8.20. The predicted molar refractivity (Wildman–Crippen MR) is 97.6 cm³/mol. The monoisotopic (exact) mass is 410 g/mol. The van der Waals surface area contributed by atoms with Crippen LogP contribution in [0.2, 0.25) is 0 Å². The van der Waals surface area contributed by atoms with Crippen molar-refractivity contribution in [1.29, 1.82) is 0 Å². The number of anilines is 1. The molecule has 0 bridgehead atoms. The molecule has 2 aromatic rings. The van der Waals surface area contributed by atoms with E-state index in [-0.39, 0.29) is 0 Å². The summed E-state index contributed by atoms with van der Waals surface area (Å²) < 4.78 is 48.3. The molecular weight excluding hydrogens is 393 g/mol. The van der Waals surface area contributed by atoms with Crippen molar-refractivity contribution in [1.82, 2.24) is 0 Å². The SMILES string of the molecule is COc1ccc(/C=N/OCC(=O)OCC(=O)Nc2ccccc2C(F)(F)F)cc1. The minimum Gasteiger partial charge on any atom is -0.497 e. The van der Waals surface area contributed by atoms with Crippen LogP contribution >= 0.6 is 0 Å². The minimum atomic E-state index is -4.63. The molecule has 0 heterocycles. The molecule has 0 aliphatic rings. The third kappa shape index (κ3) is 7.17.